The molecule has 0 fully saturated rings. The van der Waals surface area contributed by atoms with E-state index in [-0.39, 0.29) is 16.7 Å². The van der Waals surface area contributed by atoms with Gasteiger partial charge in [0.05, 0.1) is 18.0 Å². The average molecular weight is 459 g/mol. The first-order valence-corrected chi connectivity index (χ1v) is 11.2. The summed E-state index contributed by atoms with van der Waals surface area (Å²) in [4.78, 5) is 12.9. The lowest BCUT2D eigenvalue weighted by Crippen LogP contribution is -2.13. The third-order valence-corrected chi connectivity index (χ3v) is 5.33. The van der Waals surface area contributed by atoms with E-state index in [1.807, 2.05) is 52.8 Å². The van der Waals surface area contributed by atoms with Gasteiger partial charge in [-0.3, -0.25) is 5.10 Å². The minimum atomic E-state index is -0.360. The molecule has 10 nitrogen and oxygen atoms in total. The average Bonchev–Trinajstić information content (AvgIpc) is 3.43. The van der Waals surface area contributed by atoms with Crippen LogP contribution in [0.2, 0.25) is 0 Å². The summed E-state index contributed by atoms with van der Waals surface area (Å²) in [6, 6.07) is 5.53. The molecule has 4 aromatic rings. The van der Waals surface area contributed by atoms with Crippen LogP contribution in [0, 0.1) is 6.57 Å². The number of pyridine rings is 1. The lowest BCUT2D eigenvalue weighted by molar-refractivity contribution is 0.555. The fourth-order valence-corrected chi connectivity index (χ4v) is 3.53. The Morgan fingerprint density at radius 2 is 1.76 bits per heavy atom. The highest BCUT2D eigenvalue weighted by atomic mass is 15.5. The van der Waals surface area contributed by atoms with Crippen molar-refractivity contribution in [3.05, 3.63) is 53.0 Å². The summed E-state index contributed by atoms with van der Waals surface area (Å²) < 4.78 is 3.23. The predicted molar refractivity (Wildman–Crippen MR) is 131 cm³/mol. The van der Waals surface area contributed by atoms with E-state index in [1.165, 1.54) is 0 Å². The van der Waals surface area contributed by atoms with Crippen molar-refractivity contribution in [2.75, 3.05) is 0 Å². The summed E-state index contributed by atoms with van der Waals surface area (Å²) in [7, 11) is 0. The molecule has 0 spiro atoms. The Kier molecular flexibility index (Phi) is 5.59. The topological polar surface area (TPSA) is 106 Å². The van der Waals surface area contributed by atoms with Gasteiger partial charge in [0, 0.05) is 17.5 Å². The normalized spacial score (nSPS) is 12.8. The van der Waals surface area contributed by atoms with Gasteiger partial charge in [-0.2, -0.15) is 9.73 Å². The Bertz CT molecular complexity index is 1400. The van der Waals surface area contributed by atoms with Crippen molar-refractivity contribution >= 4 is 22.8 Å². The molecular weight excluding hydrogens is 428 g/mol. The van der Waals surface area contributed by atoms with Crippen molar-refractivity contribution in [1.82, 2.24) is 34.6 Å². The largest absolute Gasteiger partial charge is 0.277 e. The molecule has 34 heavy (non-hydrogen) atoms. The first-order valence-electron chi connectivity index (χ1n) is 11.2. The van der Waals surface area contributed by atoms with Crippen LogP contribution in [-0.2, 0) is 10.8 Å². The van der Waals surface area contributed by atoms with Gasteiger partial charge < -0.3 is 0 Å². The van der Waals surface area contributed by atoms with Crippen LogP contribution >= 0.6 is 0 Å². The molecule has 0 bridgehead atoms. The zero-order chi connectivity index (χ0) is 24.8. The van der Waals surface area contributed by atoms with Crippen LogP contribution in [0.5, 0.6) is 0 Å². The van der Waals surface area contributed by atoms with E-state index >= 15 is 0 Å². The van der Waals surface area contributed by atoms with Crippen LogP contribution in [0.3, 0.4) is 0 Å². The zero-order valence-electron chi connectivity index (χ0n) is 20.9. The number of hydrogen-bond donors (Lipinski definition) is 1. The molecule has 176 valence electrons. The molecule has 0 radical (unpaired) electrons. The number of azo groups is 1. The number of H-pyrrole nitrogens is 1. The molecule has 0 saturated heterocycles. The van der Waals surface area contributed by atoms with Gasteiger partial charge >= 0.3 is 0 Å². The Balaban J connectivity index is 1.95. The SMILES string of the molecule is [C-]#[N+]c1c(C(C)(C)C)nn(-c2ccccn2)c1N=Nc1c(C(C)(C)C)[nH]n2nc(C(C)C)nc12. The van der Waals surface area contributed by atoms with Crippen molar-refractivity contribution in [2.24, 2.45) is 10.2 Å². The molecule has 10 heteroatoms. The first kappa shape index (κ1) is 23.3. The summed E-state index contributed by atoms with van der Waals surface area (Å²) in [6.07, 6.45) is 1.68. The minimum Gasteiger partial charge on any atom is -0.277 e. The number of nitrogens with zero attached hydrogens (tertiary/aromatic N) is 9. The van der Waals surface area contributed by atoms with E-state index in [0.29, 0.717) is 34.4 Å². The number of aromatic nitrogens is 7. The molecule has 4 rings (SSSR count). The van der Waals surface area contributed by atoms with E-state index in [1.54, 1.807) is 15.5 Å². The van der Waals surface area contributed by atoms with Gasteiger partial charge in [0.15, 0.2) is 23.1 Å². The van der Waals surface area contributed by atoms with Crippen LogP contribution in [-0.4, -0.2) is 34.6 Å². The van der Waals surface area contributed by atoms with Crippen LogP contribution in [0.25, 0.3) is 16.3 Å². The fourth-order valence-electron chi connectivity index (χ4n) is 3.53. The molecule has 0 atom stereocenters. The van der Waals surface area contributed by atoms with Crippen molar-refractivity contribution in [3.8, 4) is 5.82 Å². The predicted octanol–water partition coefficient (Wildman–Crippen LogP) is 6.32. The van der Waals surface area contributed by atoms with Gasteiger partial charge in [0.25, 0.3) is 5.69 Å². The Morgan fingerprint density at radius 3 is 2.32 bits per heavy atom. The van der Waals surface area contributed by atoms with Crippen LogP contribution in [0.15, 0.2) is 34.6 Å². The van der Waals surface area contributed by atoms with E-state index in [2.05, 4.69) is 51.0 Å². The van der Waals surface area contributed by atoms with E-state index < -0.39 is 0 Å². The third kappa shape index (κ3) is 4.09. The molecule has 4 heterocycles. The second-order valence-corrected chi connectivity index (χ2v) is 10.6. The third-order valence-electron chi connectivity index (χ3n) is 5.33. The quantitative estimate of drug-likeness (QED) is 0.285. The maximum atomic E-state index is 7.87. The highest BCUT2D eigenvalue weighted by Gasteiger charge is 2.30. The fraction of sp³-hybridized carbons (Fsp3) is 0.458. The van der Waals surface area contributed by atoms with Gasteiger partial charge in [-0.15, -0.1) is 15.3 Å². The van der Waals surface area contributed by atoms with Crippen molar-refractivity contribution in [1.29, 1.82) is 0 Å². The zero-order valence-corrected chi connectivity index (χ0v) is 20.9. The van der Waals surface area contributed by atoms with Crippen LogP contribution in [0.4, 0.5) is 17.2 Å². The monoisotopic (exact) mass is 458 g/mol. The Labute approximate surface area is 199 Å². The highest BCUT2D eigenvalue weighted by molar-refractivity contribution is 5.71. The molecule has 4 aromatic heterocycles. The standard InChI is InChI=1S/C24H30N10/c1-14(2)20-27-21-17(19(24(6,7)8)31-34(21)32-20)28-29-22-16(25-9)18(23(3,4)5)30-33(22)15-12-10-11-13-26-15/h10-14,31H,1-8H3. The minimum absolute atomic E-state index is 0.171. The molecule has 0 saturated carbocycles. The number of rotatable bonds is 4. The van der Waals surface area contributed by atoms with Crippen molar-refractivity contribution in [3.63, 3.8) is 0 Å². The second kappa shape index (κ2) is 8.17. The number of aromatic amines is 1. The molecule has 0 aliphatic heterocycles. The van der Waals surface area contributed by atoms with E-state index in [9.17, 15) is 0 Å². The first-order chi connectivity index (χ1) is 15.9. The van der Waals surface area contributed by atoms with Crippen LogP contribution in [0.1, 0.15) is 78.5 Å². The molecule has 0 aromatic carbocycles. The van der Waals surface area contributed by atoms with E-state index in [4.69, 9.17) is 16.7 Å². The van der Waals surface area contributed by atoms with Crippen molar-refractivity contribution in [2.45, 2.75) is 72.1 Å². The second-order valence-electron chi connectivity index (χ2n) is 10.6. The van der Waals surface area contributed by atoms with E-state index in [0.717, 1.165) is 11.5 Å². The van der Waals surface area contributed by atoms with Gasteiger partial charge in [-0.25, -0.2) is 19.5 Å². The Hall–Kier alpha value is -3.87. The van der Waals surface area contributed by atoms with Gasteiger partial charge in [-0.05, 0) is 17.5 Å². The van der Waals surface area contributed by atoms with Crippen LogP contribution < -0.4 is 0 Å². The molecule has 1 N–H and O–H groups in total. The van der Waals surface area contributed by atoms with Gasteiger partial charge in [0.1, 0.15) is 0 Å². The number of fused-ring (bicyclic) bond motifs is 1. The number of hydrogen-bond acceptors (Lipinski definition) is 6. The lowest BCUT2D eigenvalue weighted by atomic mass is 9.91. The van der Waals surface area contributed by atoms with Gasteiger partial charge in [0.2, 0.25) is 5.65 Å². The summed E-state index contributed by atoms with van der Waals surface area (Å²) in [5, 5.41) is 21.8. The summed E-state index contributed by atoms with van der Waals surface area (Å²) in [5.41, 5.74) is 2.43. The van der Waals surface area contributed by atoms with Gasteiger partial charge in [-0.1, -0.05) is 61.5 Å². The summed E-state index contributed by atoms with van der Waals surface area (Å²) in [6.45, 7) is 24.3. The Morgan fingerprint density at radius 1 is 1.03 bits per heavy atom. The maximum Gasteiger partial charge on any atom is 0.255 e. The molecule has 0 aliphatic carbocycles. The smallest absolute Gasteiger partial charge is 0.255 e. The molecular formula is C24H30N10. The summed E-state index contributed by atoms with van der Waals surface area (Å²) >= 11 is 0. The van der Waals surface area contributed by atoms with Crippen molar-refractivity contribution < 1.29 is 0 Å². The molecule has 0 amide bonds. The lowest BCUT2D eigenvalue weighted by Gasteiger charge is -2.16. The highest BCUT2D eigenvalue weighted by Crippen LogP contribution is 2.42. The molecule has 0 aliphatic rings. The number of nitrogens with one attached hydrogen (secondary N) is 1. The maximum absolute atomic E-state index is 7.87. The summed E-state index contributed by atoms with van der Waals surface area (Å²) in [5.74, 6) is 1.79. The molecule has 0 unspecified atom stereocenters.